The van der Waals surface area contributed by atoms with Crippen LogP contribution in [-0.4, -0.2) is 9.78 Å². The van der Waals surface area contributed by atoms with Crippen molar-refractivity contribution in [3.05, 3.63) is 35.2 Å². The van der Waals surface area contributed by atoms with Gasteiger partial charge in [-0.3, -0.25) is 4.68 Å². The fraction of sp³-hybridized carbons (Fsp3) is 0.364. The van der Waals surface area contributed by atoms with Gasteiger partial charge < -0.3 is 0 Å². The van der Waals surface area contributed by atoms with Gasteiger partial charge in [-0.25, -0.2) is 0 Å². The van der Waals surface area contributed by atoms with Crippen LogP contribution in [0.15, 0.2) is 23.9 Å². The molecule has 0 atom stereocenters. The number of rotatable bonds is 0. The highest BCUT2D eigenvalue weighted by molar-refractivity contribution is 5.80. The molecule has 1 aromatic heterocycles. The molecule has 0 saturated carbocycles. The first-order valence-electron chi connectivity index (χ1n) is 4.76. The lowest BCUT2D eigenvalue weighted by molar-refractivity contribution is 0.763. The summed E-state index contributed by atoms with van der Waals surface area (Å²) in [6.45, 7) is 0. The number of hydrogen-bond donors (Lipinski definition) is 0. The van der Waals surface area contributed by atoms with Gasteiger partial charge in [0.15, 0.2) is 0 Å². The Hall–Kier alpha value is -1.31. The minimum Gasteiger partial charge on any atom is -0.275 e. The third kappa shape index (κ3) is 0.916. The topological polar surface area (TPSA) is 17.8 Å². The highest BCUT2D eigenvalue weighted by Crippen LogP contribution is 2.36. The molecule has 3 rings (SSSR count). The van der Waals surface area contributed by atoms with Crippen molar-refractivity contribution in [2.45, 2.75) is 19.3 Å². The lowest BCUT2D eigenvalue weighted by Crippen LogP contribution is -1.99. The molecular weight excluding hydrogens is 160 g/mol. The minimum atomic E-state index is 1.14. The second kappa shape index (κ2) is 2.34. The van der Waals surface area contributed by atoms with Crippen molar-refractivity contribution < 1.29 is 0 Å². The van der Waals surface area contributed by atoms with E-state index in [1.165, 1.54) is 29.7 Å². The van der Waals surface area contributed by atoms with Crippen molar-refractivity contribution in [2.75, 3.05) is 0 Å². The van der Waals surface area contributed by atoms with E-state index < -0.39 is 0 Å². The zero-order valence-electron chi connectivity index (χ0n) is 7.75. The molecule has 1 heterocycles. The normalized spacial score (nSPS) is 19.2. The number of allylic oxidation sites excluding steroid dienone is 4. The molecule has 66 valence electrons. The maximum absolute atomic E-state index is 4.50. The average Bonchev–Trinajstić information content (AvgIpc) is 2.65. The summed E-state index contributed by atoms with van der Waals surface area (Å²) >= 11 is 0. The summed E-state index contributed by atoms with van der Waals surface area (Å²) < 4.78 is 1.92. The van der Waals surface area contributed by atoms with Crippen LogP contribution in [0.1, 0.15) is 24.1 Å². The van der Waals surface area contributed by atoms with Gasteiger partial charge in [0, 0.05) is 18.8 Å². The molecule has 0 bridgehead atoms. The summed E-state index contributed by atoms with van der Waals surface area (Å²) in [5, 5.41) is 4.50. The Bertz CT molecular complexity index is 421. The Kier molecular flexibility index (Phi) is 1.29. The molecule has 13 heavy (non-hydrogen) atoms. The molecule has 1 aromatic rings. The van der Waals surface area contributed by atoms with E-state index in [1.54, 1.807) is 5.57 Å². The molecule has 0 spiro atoms. The van der Waals surface area contributed by atoms with Crippen LogP contribution in [0, 0.1) is 0 Å². The largest absolute Gasteiger partial charge is 0.275 e. The Morgan fingerprint density at radius 3 is 3.23 bits per heavy atom. The van der Waals surface area contributed by atoms with Crippen LogP contribution in [0.3, 0.4) is 0 Å². The minimum absolute atomic E-state index is 1.14. The monoisotopic (exact) mass is 172 g/mol. The Morgan fingerprint density at radius 1 is 1.38 bits per heavy atom. The van der Waals surface area contributed by atoms with Gasteiger partial charge in [0.1, 0.15) is 0 Å². The summed E-state index contributed by atoms with van der Waals surface area (Å²) in [6, 6.07) is 0. The molecule has 0 aromatic carbocycles. The van der Waals surface area contributed by atoms with Crippen LogP contribution in [0.4, 0.5) is 0 Å². The maximum Gasteiger partial charge on any atom is 0.0954 e. The number of nitrogens with zero attached hydrogens (tertiary/aromatic N) is 2. The van der Waals surface area contributed by atoms with Crippen molar-refractivity contribution in [3.8, 4) is 0 Å². The van der Waals surface area contributed by atoms with E-state index in [-0.39, 0.29) is 0 Å². The van der Waals surface area contributed by atoms with Gasteiger partial charge in [-0.2, -0.15) is 5.10 Å². The summed E-state index contributed by atoms with van der Waals surface area (Å²) in [4.78, 5) is 0. The molecule has 2 aliphatic rings. The molecule has 0 radical (unpaired) electrons. The van der Waals surface area contributed by atoms with Crippen molar-refractivity contribution in [3.63, 3.8) is 0 Å². The number of fused-ring (bicyclic) bond motifs is 2. The standard InChI is InChI=1S/C11H12N2/c1-13-7-9-6-5-8-3-2-4-10(8)11(9)12-13/h2,4,7H,3,5-6H2,1H3. The van der Waals surface area contributed by atoms with E-state index in [1.807, 2.05) is 11.7 Å². The number of aromatic nitrogens is 2. The third-order valence-electron chi connectivity index (χ3n) is 2.89. The fourth-order valence-corrected chi connectivity index (χ4v) is 2.26. The molecule has 2 heteroatoms. The molecule has 2 aliphatic carbocycles. The Balaban J connectivity index is 2.22. The van der Waals surface area contributed by atoms with E-state index in [0.717, 1.165) is 6.42 Å². The van der Waals surface area contributed by atoms with Gasteiger partial charge in [0.2, 0.25) is 0 Å². The van der Waals surface area contributed by atoms with Gasteiger partial charge in [0.05, 0.1) is 5.69 Å². The first-order valence-corrected chi connectivity index (χ1v) is 4.76. The van der Waals surface area contributed by atoms with E-state index in [9.17, 15) is 0 Å². The predicted octanol–water partition coefficient (Wildman–Crippen LogP) is 2.08. The summed E-state index contributed by atoms with van der Waals surface area (Å²) in [5.74, 6) is 0. The molecule has 0 N–H and O–H groups in total. The van der Waals surface area contributed by atoms with Gasteiger partial charge in [0.25, 0.3) is 0 Å². The fourth-order valence-electron chi connectivity index (χ4n) is 2.26. The van der Waals surface area contributed by atoms with Crippen molar-refractivity contribution in [1.29, 1.82) is 0 Å². The van der Waals surface area contributed by atoms with Gasteiger partial charge >= 0.3 is 0 Å². The van der Waals surface area contributed by atoms with Crippen molar-refractivity contribution in [2.24, 2.45) is 7.05 Å². The number of hydrogen-bond acceptors (Lipinski definition) is 1. The van der Waals surface area contributed by atoms with Crippen LogP contribution in [0.5, 0.6) is 0 Å². The van der Waals surface area contributed by atoms with E-state index >= 15 is 0 Å². The van der Waals surface area contributed by atoms with Crippen LogP contribution >= 0.6 is 0 Å². The van der Waals surface area contributed by atoms with Crippen molar-refractivity contribution in [1.82, 2.24) is 9.78 Å². The van der Waals surface area contributed by atoms with E-state index in [0.29, 0.717) is 0 Å². The molecule has 0 amide bonds. The zero-order valence-corrected chi connectivity index (χ0v) is 7.75. The van der Waals surface area contributed by atoms with E-state index in [2.05, 4.69) is 23.4 Å². The first kappa shape index (κ1) is 7.13. The van der Waals surface area contributed by atoms with E-state index in [4.69, 9.17) is 0 Å². The molecular formula is C11H12N2. The van der Waals surface area contributed by atoms with Crippen LogP contribution in [0.25, 0.3) is 5.57 Å². The van der Waals surface area contributed by atoms with Crippen molar-refractivity contribution >= 4 is 5.57 Å². The predicted molar refractivity (Wildman–Crippen MR) is 52.2 cm³/mol. The molecule has 0 aliphatic heterocycles. The van der Waals surface area contributed by atoms with Gasteiger partial charge in [-0.15, -0.1) is 0 Å². The highest BCUT2D eigenvalue weighted by Gasteiger charge is 2.21. The van der Waals surface area contributed by atoms with Crippen LogP contribution in [0.2, 0.25) is 0 Å². The summed E-state index contributed by atoms with van der Waals surface area (Å²) in [5.41, 5.74) is 5.60. The van der Waals surface area contributed by atoms with Crippen LogP contribution in [-0.2, 0) is 13.5 Å². The van der Waals surface area contributed by atoms with Gasteiger partial charge in [-0.1, -0.05) is 17.7 Å². The quantitative estimate of drug-likeness (QED) is 0.586. The third-order valence-corrected chi connectivity index (χ3v) is 2.89. The molecule has 0 unspecified atom stereocenters. The molecule has 0 saturated heterocycles. The smallest absolute Gasteiger partial charge is 0.0954 e. The second-order valence-corrected chi connectivity index (χ2v) is 3.80. The lowest BCUT2D eigenvalue weighted by atomic mass is 9.92. The van der Waals surface area contributed by atoms with Crippen LogP contribution < -0.4 is 0 Å². The molecule has 2 nitrogen and oxygen atoms in total. The lowest BCUT2D eigenvalue weighted by Gasteiger charge is -2.12. The zero-order chi connectivity index (χ0) is 8.84. The average molecular weight is 172 g/mol. The highest BCUT2D eigenvalue weighted by atomic mass is 15.3. The second-order valence-electron chi connectivity index (χ2n) is 3.80. The SMILES string of the molecule is Cn1cc2c(n1)C1=C(CC=C1)CC2. The molecule has 0 fully saturated rings. The summed E-state index contributed by atoms with van der Waals surface area (Å²) in [6.07, 6.45) is 10.1. The Morgan fingerprint density at radius 2 is 2.31 bits per heavy atom. The van der Waals surface area contributed by atoms with Gasteiger partial charge in [-0.05, 0) is 24.8 Å². The number of aryl methyl sites for hydroxylation is 2. The summed E-state index contributed by atoms with van der Waals surface area (Å²) in [7, 11) is 2.00. The maximum atomic E-state index is 4.50. The first-order chi connectivity index (χ1) is 6.34. The Labute approximate surface area is 77.6 Å².